The van der Waals surface area contributed by atoms with Crippen molar-refractivity contribution in [2.45, 2.75) is 20.3 Å². The molecule has 0 aliphatic rings. The van der Waals surface area contributed by atoms with E-state index in [9.17, 15) is 9.59 Å². The van der Waals surface area contributed by atoms with Crippen LogP contribution in [-0.4, -0.2) is 25.0 Å². The van der Waals surface area contributed by atoms with Gasteiger partial charge in [0.05, 0.1) is 17.9 Å². The van der Waals surface area contributed by atoms with Crippen molar-refractivity contribution in [1.29, 1.82) is 0 Å². The minimum atomic E-state index is -0.297. The third-order valence-electron chi connectivity index (χ3n) is 3.58. The van der Waals surface area contributed by atoms with E-state index in [0.29, 0.717) is 24.4 Å². The molecule has 2 N–H and O–H groups in total. The summed E-state index contributed by atoms with van der Waals surface area (Å²) in [7, 11) is 0. The van der Waals surface area contributed by atoms with Crippen molar-refractivity contribution in [3.05, 3.63) is 65.7 Å². The fourth-order valence-corrected chi connectivity index (χ4v) is 2.31. The Hall–Kier alpha value is -3.08. The molecule has 2 aromatic rings. The van der Waals surface area contributed by atoms with Crippen LogP contribution in [-0.2, 0) is 4.79 Å². The molecule has 0 aliphatic heterocycles. The molecule has 0 aromatic heterocycles. The number of para-hydroxylation sites is 1. The van der Waals surface area contributed by atoms with Gasteiger partial charge in [0.25, 0.3) is 5.91 Å². The zero-order chi connectivity index (χ0) is 18.8. The van der Waals surface area contributed by atoms with Crippen LogP contribution in [0.2, 0.25) is 0 Å². The van der Waals surface area contributed by atoms with Crippen molar-refractivity contribution in [3.63, 3.8) is 0 Å². The second-order valence-corrected chi connectivity index (χ2v) is 5.63. The molecular weight excluding hydrogens is 328 g/mol. The van der Waals surface area contributed by atoms with Crippen LogP contribution in [0.25, 0.3) is 6.08 Å². The topological polar surface area (TPSA) is 67.4 Å². The number of carbonyl (C=O) groups is 2. The van der Waals surface area contributed by atoms with Crippen molar-refractivity contribution < 1.29 is 14.3 Å². The van der Waals surface area contributed by atoms with Crippen molar-refractivity contribution in [2.75, 3.05) is 18.5 Å². The molecule has 0 unspecified atom stereocenters. The molecule has 0 fully saturated rings. The first-order valence-electron chi connectivity index (χ1n) is 8.73. The van der Waals surface area contributed by atoms with Gasteiger partial charge in [0.15, 0.2) is 0 Å². The number of anilines is 1. The van der Waals surface area contributed by atoms with Gasteiger partial charge in [-0.05, 0) is 49.2 Å². The fraction of sp³-hybridized carbons (Fsp3) is 0.238. The summed E-state index contributed by atoms with van der Waals surface area (Å²) in [5.74, 6) is 0.300. The van der Waals surface area contributed by atoms with E-state index in [0.717, 1.165) is 17.7 Å². The van der Waals surface area contributed by atoms with Gasteiger partial charge in [-0.1, -0.05) is 31.2 Å². The summed E-state index contributed by atoms with van der Waals surface area (Å²) in [5, 5.41) is 5.57. The first kappa shape index (κ1) is 19.2. The Kier molecular flexibility index (Phi) is 7.43. The molecule has 0 saturated carbocycles. The molecule has 0 radical (unpaired) electrons. The Morgan fingerprint density at radius 1 is 1.04 bits per heavy atom. The van der Waals surface area contributed by atoms with Gasteiger partial charge in [0, 0.05) is 12.6 Å². The van der Waals surface area contributed by atoms with E-state index in [1.165, 1.54) is 6.08 Å². The summed E-state index contributed by atoms with van der Waals surface area (Å²) in [6.45, 7) is 5.12. The molecule has 5 heteroatoms. The molecule has 26 heavy (non-hydrogen) atoms. The summed E-state index contributed by atoms with van der Waals surface area (Å²) in [4.78, 5) is 24.4. The highest BCUT2D eigenvalue weighted by atomic mass is 16.5. The predicted octanol–water partition coefficient (Wildman–Crippen LogP) is 3.88. The highest BCUT2D eigenvalue weighted by Crippen LogP contribution is 2.16. The van der Waals surface area contributed by atoms with Crippen LogP contribution < -0.4 is 15.4 Å². The summed E-state index contributed by atoms with van der Waals surface area (Å²) in [6.07, 6.45) is 4.01. The van der Waals surface area contributed by atoms with Crippen molar-refractivity contribution in [1.82, 2.24) is 5.32 Å². The van der Waals surface area contributed by atoms with Crippen LogP contribution in [0.5, 0.6) is 5.75 Å². The van der Waals surface area contributed by atoms with Crippen LogP contribution in [0.1, 0.15) is 36.2 Å². The summed E-state index contributed by atoms with van der Waals surface area (Å²) in [6, 6.07) is 14.4. The predicted molar refractivity (Wildman–Crippen MR) is 104 cm³/mol. The van der Waals surface area contributed by atoms with E-state index in [4.69, 9.17) is 4.74 Å². The lowest BCUT2D eigenvalue weighted by Gasteiger charge is -2.10. The van der Waals surface area contributed by atoms with E-state index >= 15 is 0 Å². The highest BCUT2D eigenvalue weighted by molar-refractivity contribution is 6.07. The van der Waals surface area contributed by atoms with E-state index in [1.54, 1.807) is 30.3 Å². The van der Waals surface area contributed by atoms with Gasteiger partial charge in [-0.25, -0.2) is 0 Å². The maximum absolute atomic E-state index is 12.2. The van der Waals surface area contributed by atoms with E-state index in [-0.39, 0.29) is 11.8 Å². The SMILES string of the molecule is CCCNC(=O)c1ccccc1NC(=O)/C=C/c1ccc(OCC)cc1. The fourth-order valence-electron chi connectivity index (χ4n) is 2.31. The normalized spacial score (nSPS) is 10.5. The molecule has 0 saturated heterocycles. The second kappa shape index (κ2) is 10.0. The van der Waals surface area contributed by atoms with E-state index < -0.39 is 0 Å². The average molecular weight is 352 g/mol. The molecule has 0 atom stereocenters. The lowest BCUT2D eigenvalue weighted by Crippen LogP contribution is -2.25. The zero-order valence-corrected chi connectivity index (χ0v) is 15.1. The lowest BCUT2D eigenvalue weighted by molar-refractivity contribution is -0.111. The minimum absolute atomic E-state index is 0.196. The molecule has 2 aromatic carbocycles. The average Bonchev–Trinajstić information content (AvgIpc) is 2.66. The third-order valence-corrected chi connectivity index (χ3v) is 3.58. The van der Waals surface area contributed by atoms with E-state index in [1.807, 2.05) is 38.1 Å². The maximum atomic E-state index is 12.2. The summed E-state index contributed by atoms with van der Waals surface area (Å²) in [5.41, 5.74) is 1.82. The Labute approximate surface area is 154 Å². The molecule has 136 valence electrons. The third kappa shape index (κ3) is 5.77. The van der Waals surface area contributed by atoms with Gasteiger partial charge in [0.1, 0.15) is 5.75 Å². The number of ether oxygens (including phenoxy) is 1. The molecule has 2 amide bonds. The van der Waals surface area contributed by atoms with E-state index in [2.05, 4.69) is 10.6 Å². The number of nitrogens with one attached hydrogen (secondary N) is 2. The molecule has 0 bridgehead atoms. The summed E-state index contributed by atoms with van der Waals surface area (Å²) >= 11 is 0. The lowest BCUT2D eigenvalue weighted by atomic mass is 10.1. The van der Waals surface area contributed by atoms with Gasteiger partial charge < -0.3 is 15.4 Å². The van der Waals surface area contributed by atoms with Crippen molar-refractivity contribution in [3.8, 4) is 5.75 Å². The Bertz CT molecular complexity index is 767. The van der Waals surface area contributed by atoms with Crippen LogP contribution in [0.15, 0.2) is 54.6 Å². The van der Waals surface area contributed by atoms with Gasteiger partial charge in [0.2, 0.25) is 5.91 Å². The van der Waals surface area contributed by atoms with Crippen LogP contribution in [0.3, 0.4) is 0 Å². The van der Waals surface area contributed by atoms with Crippen molar-refractivity contribution in [2.24, 2.45) is 0 Å². The van der Waals surface area contributed by atoms with Crippen LogP contribution in [0.4, 0.5) is 5.69 Å². The summed E-state index contributed by atoms with van der Waals surface area (Å²) < 4.78 is 5.39. The first-order valence-corrected chi connectivity index (χ1v) is 8.73. The maximum Gasteiger partial charge on any atom is 0.253 e. The van der Waals surface area contributed by atoms with Gasteiger partial charge in [-0.3, -0.25) is 9.59 Å². The number of amides is 2. The van der Waals surface area contributed by atoms with Crippen molar-refractivity contribution >= 4 is 23.6 Å². The molecule has 0 spiro atoms. The Morgan fingerprint density at radius 3 is 2.46 bits per heavy atom. The number of benzene rings is 2. The zero-order valence-electron chi connectivity index (χ0n) is 15.1. The highest BCUT2D eigenvalue weighted by Gasteiger charge is 2.11. The first-order chi connectivity index (χ1) is 12.6. The monoisotopic (exact) mass is 352 g/mol. The quantitative estimate of drug-likeness (QED) is 0.709. The number of hydrogen-bond acceptors (Lipinski definition) is 3. The van der Waals surface area contributed by atoms with Crippen LogP contribution in [0, 0.1) is 0 Å². The second-order valence-electron chi connectivity index (χ2n) is 5.63. The molecule has 5 nitrogen and oxygen atoms in total. The van der Waals surface area contributed by atoms with Gasteiger partial charge in [-0.15, -0.1) is 0 Å². The van der Waals surface area contributed by atoms with Gasteiger partial charge in [-0.2, -0.15) is 0 Å². The number of carbonyl (C=O) groups excluding carboxylic acids is 2. The van der Waals surface area contributed by atoms with Crippen LogP contribution >= 0.6 is 0 Å². The largest absolute Gasteiger partial charge is 0.494 e. The Balaban J connectivity index is 2.02. The standard InChI is InChI=1S/C21H24N2O3/c1-3-15-22-21(25)18-7-5-6-8-19(18)23-20(24)14-11-16-9-12-17(13-10-16)26-4-2/h5-14H,3-4,15H2,1-2H3,(H,22,25)(H,23,24)/b14-11+. The minimum Gasteiger partial charge on any atom is -0.494 e. The molecule has 0 aliphatic carbocycles. The van der Waals surface area contributed by atoms with Gasteiger partial charge >= 0.3 is 0 Å². The molecule has 0 heterocycles. The Morgan fingerprint density at radius 2 is 1.77 bits per heavy atom. The molecule has 2 rings (SSSR count). The smallest absolute Gasteiger partial charge is 0.253 e. The number of rotatable bonds is 8. The number of hydrogen-bond donors (Lipinski definition) is 2. The molecular formula is C21H24N2O3.